The van der Waals surface area contributed by atoms with Crippen molar-refractivity contribution >= 4 is 11.6 Å². The zero-order valence-electron chi connectivity index (χ0n) is 18.6. The number of para-hydroxylation sites is 2. The first kappa shape index (κ1) is 21.6. The van der Waals surface area contributed by atoms with Crippen molar-refractivity contribution in [2.24, 2.45) is 0 Å². The summed E-state index contributed by atoms with van der Waals surface area (Å²) in [4.78, 5) is 13.3. The summed E-state index contributed by atoms with van der Waals surface area (Å²) in [6.45, 7) is 1.23. The van der Waals surface area contributed by atoms with Crippen molar-refractivity contribution in [1.82, 2.24) is 9.78 Å². The lowest BCUT2D eigenvalue weighted by atomic mass is 9.95. The van der Waals surface area contributed by atoms with Gasteiger partial charge in [0.25, 0.3) is 5.91 Å². The average Bonchev–Trinajstić information content (AvgIpc) is 3.25. The number of nitrogens with zero attached hydrogens (tertiary/aromatic N) is 2. The standard InChI is InChI=1S/C26H28FN3O3/c27-18-12-14-19(15-13-18)30-23-10-3-1-8-21(23)25(29-30)26(31)28-22-9-2-4-11-24(22)33-17-20-7-5-6-16-32-20/h2,4,9,11-15,20H,1,3,5-8,10,16-17H2,(H,28,31). The van der Waals surface area contributed by atoms with E-state index in [0.29, 0.717) is 23.7 Å². The van der Waals surface area contributed by atoms with Crippen LogP contribution in [0, 0.1) is 5.82 Å². The minimum Gasteiger partial charge on any atom is -0.489 e. The van der Waals surface area contributed by atoms with Gasteiger partial charge >= 0.3 is 0 Å². The molecular weight excluding hydrogens is 421 g/mol. The van der Waals surface area contributed by atoms with Gasteiger partial charge in [-0.3, -0.25) is 4.79 Å². The number of anilines is 1. The first-order valence-corrected chi connectivity index (χ1v) is 11.7. The molecule has 0 radical (unpaired) electrons. The smallest absolute Gasteiger partial charge is 0.276 e. The van der Waals surface area contributed by atoms with E-state index in [1.165, 1.54) is 12.1 Å². The molecule has 2 heterocycles. The normalized spacial score (nSPS) is 17.9. The molecule has 3 aromatic rings. The molecule has 2 aromatic carbocycles. The van der Waals surface area contributed by atoms with Gasteiger partial charge in [0.15, 0.2) is 5.69 Å². The molecule has 0 spiro atoms. The maximum absolute atomic E-state index is 13.4. The predicted octanol–water partition coefficient (Wildman–Crippen LogP) is 5.09. The van der Waals surface area contributed by atoms with Crippen LogP contribution >= 0.6 is 0 Å². The van der Waals surface area contributed by atoms with E-state index in [0.717, 1.165) is 68.5 Å². The van der Waals surface area contributed by atoms with Gasteiger partial charge in [-0.2, -0.15) is 5.10 Å². The topological polar surface area (TPSA) is 65.4 Å². The Kier molecular flexibility index (Phi) is 6.39. The maximum atomic E-state index is 13.4. The molecule has 6 nitrogen and oxygen atoms in total. The van der Waals surface area contributed by atoms with Crippen molar-refractivity contribution in [3.8, 4) is 11.4 Å². The molecule has 1 saturated heterocycles. The van der Waals surface area contributed by atoms with Gasteiger partial charge in [0.2, 0.25) is 0 Å². The van der Waals surface area contributed by atoms with Gasteiger partial charge in [0.05, 0.1) is 17.5 Å². The maximum Gasteiger partial charge on any atom is 0.276 e. The fraction of sp³-hybridized carbons (Fsp3) is 0.385. The summed E-state index contributed by atoms with van der Waals surface area (Å²) >= 11 is 0. The Labute approximate surface area is 192 Å². The van der Waals surface area contributed by atoms with Crippen LogP contribution in [-0.4, -0.2) is 35.0 Å². The van der Waals surface area contributed by atoms with E-state index in [9.17, 15) is 9.18 Å². The molecule has 1 aliphatic carbocycles. The molecule has 33 heavy (non-hydrogen) atoms. The number of benzene rings is 2. The van der Waals surface area contributed by atoms with E-state index in [4.69, 9.17) is 9.47 Å². The third kappa shape index (κ3) is 4.78. The molecule has 1 unspecified atom stereocenters. The van der Waals surface area contributed by atoms with Gasteiger partial charge in [0.1, 0.15) is 18.2 Å². The number of hydrogen-bond acceptors (Lipinski definition) is 4. The van der Waals surface area contributed by atoms with E-state index in [1.54, 1.807) is 16.8 Å². The number of fused-ring (bicyclic) bond motifs is 1. The van der Waals surface area contributed by atoms with Crippen molar-refractivity contribution in [1.29, 1.82) is 0 Å². The first-order valence-electron chi connectivity index (χ1n) is 11.7. The number of hydrogen-bond donors (Lipinski definition) is 1. The predicted molar refractivity (Wildman–Crippen MR) is 124 cm³/mol. The Morgan fingerprint density at radius 3 is 2.73 bits per heavy atom. The molecule has 7 heteroatoms. The number of halogens is 1. The van der Waals surface area contributed by atoms with Crippen LogP contribution in [-0.2, 0) is 17.6 Å². The average molecular weight is 450 g/mol. The van der Waals surface area contributed by atoms with Gasteiger partial charge < -0.3 is 14.8 Å². The first-order chi connectivity index (χ1) is 16.2. The number of amides is 1. The van der Waals surface area contributed by atoms with Gasteiger partial charge in [-0.15, -0.1) is 0 Å². The minimum atomic E-state index is -0.298. The Morgan fingerprint density at radius 1 is 1.09 bits per heavy atom. The highest BCUT2D eigenvalue weighted by atomic mass is 19.1. The Balaban J connectivity index is 1.38. The third-order valence-corrected chi connectivity index (χ3v) is 6.30. The fourth-order valence-electron chi connectivity index (χ4n) is 4.58. The summed E-state index contributed by atoms with van der Waals surface area (Å²) in [5.41, 5.74) is 3.78. The second-order valence-corrected chi connectivity index (χ2v) is 8.62. The number of carbonyl (C=O) groups is 1. The van der Waals surface area contributed by atoms with Crippen LogP contribution in [0.3, 0.4) is 0 Å². The number of nitrogens with one attached hydrogen (secondary N) is 1. The zero-order chi connectivity index (χ0) is 22.6. The summed E-state index contributed by atoms with van der Waals surface area (Å²) in [5, 5.41) is 7.66. The number of aromatic nitrogens is 2. The molecule has 1 aromatic heterocycles. The van der Waals surface area contributed by atoms with Crippen LogP contribution in [0.5, 0.6) is 5.75 Å². The molecule has 1 fully saturated rings. The summed E-state index contributed by atoms with van der Waals surface area (Å²) in [6.07, 6.45) is 7.02. The van der Waals surface area contributed by atoms with E-state index in [2.05, 4.69) is 10.4 Å². The molecule has 1 atom stereocenters. The second kappa shape index (κ2) is 9.75. The highest BCUT2D eigenvalue weighted by molar-refractivity contribution is 6.05. The van der Waals surface area contributed by atoms with Crippen molar-refractivity contribution in [2.75, 3.05) is 18.5 Å². The molecule has 1 amide bonds. The second-order valence-electron chi connectivity index (χ2n) is 8.62. The molecular formula is C26H28FN3O3. The van der Waals surface area contributed by atoms with Crippen molar-refractivity contribution in [2.45, 2.75) is 51.0 Å². The van der Waals surface area contributed by atoms with Crippen LogP contribution < -0.4 is 10.1 Å². The van der Waals surface area contributed by atoms with E-state index in [-0.39, 0.29) is 17.8 Å². The zero-order valence-corrected chi connectivity index (χ0v) is 18.6. The Morgan fingerprint density at radius 2 is 1.91 bits per heavy atom. The Hall–Kier alpha value is -3.19. The lowest BCUT2D eigenvalue weighted by Gasteiger charge is -2.23. The molecule has 0 bridgehead atoms. The van der Waals surface area contributed by atoms with Crippen LogP contribution in [0.1, 0.15) is 53.8 Å². The Bertz CT molecular complexity index is 1120. The van der Waals surface area contributed by atoms with E-state index in [1.807, 2.05) is 24.3 Å². The summed E-state index contributed by atoms with van der Waals surface area (Å²) in [6, 6.07) is 13.6. The monoisotopic (exact) mass is 449 g/mol. The van der Waals surface area contributed by atoms with Gasteiger partial charge in [-0.1, -0.05) is 12.1 Å². The number of rotatable bonds is 6. The lowest BCUT2D eigenvalue weighted by Crippen LogP contribution is -2.26. The van der Waals surface area contributed by atoms with Gasteiger partial charge in [-0.05, 0) is 81.3 Å². The summed E-state index contributed by atoms with van der Waals surface area (Å²) in [5.74, 6) is 0.0545. The highest BCUT2D eigenvalue weighted by Gasteiger charge is 2.26. The minimum absolute atomic E-state index is 0.0842. The van der Waals surface area contributed by atoms with Crippen molar-refractivity contribution in [3.05, 3.63) is 71.3 Å². The van der Waals surface area contributed by atoms with Crippen LogP contribution in [0.25, 0.3) is 5.69 Å². The van der Waals surface area contributed by atoms with Crippen molar-refractivity contribution in [3.63, 3.8) is 0 Å². The SMILES string of the molecule is O=C(Nc1ccccc1OCC1CCCCO1)c1nn(-c2ccc(F)cc2)c2c1CCCC2. The quantitative estimate of drug-likeness (QED) is 0.569. The van der Waals surface area contributed by atoms with Gasteiger partial charge in [0, 0.05) is 17.9 Å². The summed E-state index contributed by atoms with van der Waals surface area (Å²) in [7, 11) is 0. The number of ether oxygens (including phenoxy) is 2. The number of carbonyl (C=O) groups excluding carboxylic acids is 1. The van der Waals surface area contributed by atoms with E-state index < -0.39 is 0 Å². The third-order valence-electron chi connectivity index (χ3n) is 6.30. The van der Waals surface area contributed by atoms with Crippen LogP contribution in [0.4, 0.5) is 10.1 Å². The molecule has 172 valence electrons. The van der Waals surface area contributed by atoms with Crippen molar-refractivity contribution < 1.29 is 18.7 Å². The molecule has 2 aliphatic rings. The van der Waals surface area contributed by atoms with E-state index >= 15 is 0 Å². The fourth-order valence-corrected chi connectivity index (χ4v) is 4.58. The molecule has 1 aliphatic heterocycles. The van der Waals surface area contributed by atoms with Gasteiger partial charge in [-0.25, -0.2) is 9.07 Å². The molecule has 5 rings (SSSR count). The molecule has 1 N–H and O–H groups in total. The highest BCUT2D eigenvalue weighted by Crippen LogP contribution is 2.30. The lowest BCUT2D eigenvalue weighted by molar-refractivity contribution is -0.0109. The van der Waals surface area contributed by atoms with Crippen LogP contribution in [0.15, 0.2) is 48.5 Å². The molecule has 0 saturated carbocycles. The van der Waals surface area contributed by atoms with Crippen LogP contribution in [0.2, 0.25) is 0 Å². The summed E-state index contributed by atoms with van der Waals surface area (Å²) < 4.78 is 27.0. The largest absolute Gasteiger partial charge is 0.489 e.